The Labute approximate surface area is 117 Å². The molecule has 0 fully saturated rings. The zero-order valence-corrected chi connectivity index (χ0v) is 11.5. The molecule has 0 aliphatic heterocycles. The lowest BCUT2D eigenvalue weighted by molar-refractivity contribution is -0.0498. The molecule has 0 aromatic heterocycles. The van der Waals surface area contributed by atoms with E-state index in [1.165, 1.54) is 11.1 Å². The molecule has 0 spiro atoms. The monoisotopic (exact) mass is 277 g/mol. The smallest absolute Gasteiger partial charge is 0.387 e. The van der Waals surface area contributed by atoms with Crippen LogP contribution in [0.25, 0.3) is 0 Å². The number of alkyl halides is 2. The predicted octanol–water partition coefficient (Wildman–Crippen LogP) is 4.52. The molecule has 0 heterocycles. The summed E-state index contributed by atoms with van der Waals surface area (Å²) in [5.41, 5.74) is 4.53. The van der Waals surface area contributed by atoms with E-state index in [4.69, 9.17) is 0 Å². The predicted molar refractivity (Wildman–Crippen MR) is 76.3 cm³/mol. The molecule has 0 unspecified atom stereocenters. The van der Waals surface area contributed by atoms with Crippen molar-refractivity contribution in [3.63, 3.8) is 0 Å². The third kappa shape index (κ3) is 3.70. The maximum atomic E-state index is 12.0. The summed E-state index contributed by atoms with van der Waals surface area (Å²) in [6, 6.07) is 12.7. The number of hydrogen-bond acceptors (Lipinski definition) is 2. The molecule has 0 radical (unpaired) electrons. The maximum Gasteiger partial charge on any atom is 0.387 e. The summed E-state index contributed by atoms with van der Waals surface area (Å²) in [6.07, 6.45) is 0. The van der Waals surface area contributed by atoms with Gasteiger partial charge in [-0.1, -0.05) is 24.3 Å². The summed E-state index contributed by atoms with van der Waals surface area (Å²) in [5, 5.41) is 3.34. The fraction of sp³-hybridized carbons (Fsp3) is 0.250. The Morgan fingerprint density at radius 2 is 1.75 bits per heavy atom. The highest BCUT2D eigenvalue weighted by Gasteiger charge is 2.04. The molecule has 0 atom stereocenters. The lowest BCUT2D eigenvalue weighted by Gasteiger charge is -2.12. The first-order chi connectivity index (χ1) is 9.56. The van der Waals surface area contributed by atoms with Crippen LogP contribution in [-0.4, -0.2) is 6.61 Å². The minimum Gasteiger partial charge on any atom is -0.435 e. The molecule has 4 heteroatoms. The van der Waals surface area contributed by atoms with Crippen molar-refractivity contribution in [3.8, 4) is 5.75 Å². The van der Waals surface area contributed by atoms with E-state index in [2.05, 4.69) is 30.0 Å². The van der Waals surface area contributed by atoms with Crippen LogP contribution in [0.15, 0.2) is 42.5 Å². The molecule has 20 heavy (non-hydrogen) atoms. The molecule has 1 N–H and O–H groups in total. The summed E-state index contributed by atoms with van der Waals surface area (Å²) in [7, 11) is 0. The zero-order chi connectivity index (χ0) is 14.5. The van der Waals surface area contributed by atoms with Gasteiger partial charge in [0, 0.05) is 12.2 Å². The lowest BCUT2D eigenvalue weighted by atomic mass is 10.1. The van der Waals surface area contributed by atoms with Gasteiger partial charge in [0.25, 0.3) is 0 Å². The summed E-state index contributed by atoms with van der Waals surface area (Å²) in [6.45, 7) is 1.99. The van der Waals surface area contributed by atoms with E-state index in [0.717, 1.165) is 11.3 Å². The van der Waals surface area contributed by atoms with Gasteiger partial charge in [-0.05, 0) is 48.7 Å². The van der Waals surface area contributed by atoms with Crippen molar-refractivity contribution in [2.45, 2.75) is 27.0 Å². The fourth-order valence-electron chi connectivity index (χ4n) is 1.93. The molecule has 0 bridgehead atoms. The minimum absolute atomic E-state index is 0.176. The topological polar surface area (TPSA) is 21.3 Å². The van der Waals surface area contributed by atoms with Gasteiger partial charge in [-0.3, -0.25) is 0 Å². The lowest BCUT2D eigenvalue weighted by Crippen LogP contribution is -2.03. The highest BCUT2D eigenvalue weighted by atomic mass is 19.3. The molecule has 106 valence electrons. The van der Waals surface area contributed by atoms with E-state index in [-0.39, 0.29) is 5.75 Å². The van der Waals surface area contributed by atoms with Gasteiger partial charge < -0.3 is 10.1 Å². The first-order valence-electron chi connectivity index (χ1n) is 6.40. The van der Waals surface area contributed by atoms with Crippen LogP contribution in [0.2, 0.25) is 0 Å². The number of nitrogens with one attached hydrogen (secondary N) is 1. The minimum atomic E-state index is -2.78. The largest absolute Gasteiger partial charge is 0.435 e. The third-order valence-electron chi connectivity index (χ3n) is 3.24. The van der Waals surface area contributed by atoms with E-state index in [1.54, 1.807) is 24.3 Å². The highest BCUT2D eigenvalue weighted by molar-refractivity contribution is 5.53. The Morgan fingerprint density at radius 3 is 2.40 bits per heavy atom. The van der Waals surface area contributed by atoms with E-state index in [0.29, 0.717) is 6.54 Å². The SMILES string of the molecule is Cc1cccc(NCc2ccc(OC(F)F)cc2)c1C. The Balaban J connectivity index is 1.99. The van der Waals surface area contributed by atoms with Crippen LogP contribution in [0.5, 0.6) is 5.75 Å². The molecule has 2 nitrogen and oxygen atoms in total. The summed E-state index contributed by atoms with van der Waals surface area (Å²) in [5.74, 6) is 0.176. The van der Waals surface area contributed by atoms with Crippen molar-refractivity contribution in [2.75, 3.05) is 5.32 Å². The average molecular weight is 277 g/mol. The molecule has 2 rings (SSSR count). The fourth-order valence-corrected chi connectivity index (χ4v) is 1.93. The number of hydrogen-bond donors (Lipinski definition) is 1. The normalized spacial score (nSPS) is 10.7. The Bertz CT molecular complexity index is 567. The van der Waals surface area contributed by atoms with Gasteiger partial charge in [0.05, 0.1) is 0 Å². The van der Waals surface area contributed by atoms with Crippen LogP contribution in [0.1, 0.15) is 16.7 Å². The van der Waals surface area contributed by atoms with Crippen molar-refractivity contribution in [3.05, 3.63) is 59.2 Å². The molecule has 2 aromatic rings. The number of anilines is 1. The van der Waals surface area contributed by atoms with E-state index in [1.807, 2.05) is 12.1 Å². The van der Waals surface area contributed by atoms with Gasteiger partial charge in [0.15, 0.2) is 0 Å². The molecule has 0 aliphatic rings. The quantitative estimate of drug-likeness (QED) is 0.867. The van der Waals surface area contributed by atoms with Crippen molar-refractivity contribution in [1.82, 2.24) is 0 Å². The maximum absolute atomic E-state index is 12.0. The van der Waals surface area contributed by atoms with Gasteiger partial charge in [0.1, 0.15) is 5.75 Å². The van der Waals surface area contributed by atoms with Crippen molar-refractivity contribution in [2.24, 2.45) is 0 Å². The summed E-state index contributed by atoms with van der Waals surface area (Å²) < 4.78 is 28.4. The van der Waals surface area contributed by atoms with E-state index < -0.39 is 6.61 Å². The van der Waals surface area contributed by atoms with Gasteiger partial charge in [0.2, 0.25) is 0 Å². The molecule has 0 saturated carbocycles. The third-order valence-corrected chi connectivity index (χ3v) is 3.24. The molecular formula is C16H17F2NO. The first kappa shape index (κ1) is 14.3. The highest BCUT2D eigenvalue weighted by Crippen LogP contribution is 2.20. The van der Waals surface area contributed by atoms with Crippen molar-refractivity contribution in [1.29, 1.82) is 0 Å². The standard InChI is InChI=1S/C16H17F2NO/c1-11-4-3-5-15(12(11)2)19-10-13-6-8-14(9-7-13)20-16(17)18/h3-9,16,19H,10H2,1-2H3. The second-order valence-electron chi connectivity index (χ2n) is 4.62. The number of halogens is 2. The number of benzene rings is 2. The van der Waals surface area contributed by atoms with Crippen molar-refractivity contribution < 1.29 is 13.5 Å². The Kier molecular flexibility index (Phi) is 4.56. The van der Waals surface area contributed by atoms with Gasteiger partial charge >= 0.3 is 6.61 Å². The molecule has 0 saturated heterocycles. The van der Waals surface area contributed by atoms with Crippen LogP contribution in [0.4, 0.5) is 14.5 Å². The summed E-state index contributed by atoms with van der Waals surface area (Å²) >= 11 is 0. The number of aryl methyl sites for hydroxylation is 1. The molecule has 0 aliphatic carbocycles. The number of rotatable bonds is 5. The average Bonchev–Trinajstić information content (AvgIpc) is 2.41. The van der Waals surface area contributed by atoms with Crippen LogP contribution in [-0.2, 0) is 6.54 Å². The Morgan fingerprint density at radius 1 is 1.05 bits per heavy atom. The van der Waals surface area contributed by atoms with Crippen molar-refractivity contribution >= 4 is 5.69 Å². The van der Waals surface area contributed by atoms with Crippen LogP contribution in [0, 0.1) is 13.8 Å². The van der Waals surface area contributed by atoms with E-state index in [9.17, 15) is 8.78 Å². The van der Waals surface area contributed by atoms with Gasteiger partial charge in [-0.25, -0.2) is 0 Å². The Hall–Kier alpha value is -2.10. The molecular weight excluding hydrogens is 260 g/mol. The first-order valence-corrected chi connectivity index (χ1v) is 6.40. The van der Waals surface area contributed by atoms with Crippen LogP contribution < -0.4 is 10.1 Å². The summed E-state index contributed by atoms with van der Waals surface area (Å²) in [4.78, 5) is 0. The molecule has 2 aromatic carbocycles. The van der Waals surface area contributed by atoms with Crippen LogP contribution in [0.3, 0.4) is 0 Å². The van der Waals surface area contributed by atoms with Gasteiger partial charge in [-0.2, -0.15) is 8.78 Å². The molecule has 0 amide bonds. The van der Waals surface area contributed by atoms with E-state index >= 15 is 0 Å². The zero-order valence-electron chi connectivity index (χ0n) is 11.5. The second kappa shape index (κ2) is 6.37. The van der Waals surface area contributed by atoms with Crippen LogP contribution >= 0.6 is 0 Å². The number of ether oxygens (including phenoxy) is 1. The second-order valence-corrected chi connectivity index (χ2v) is 4.62. The van der Waals surface area contributed by atoms with Gasteiger partial charge in [-0.15, -0.1) is 0 Å².